The van der Waals surface area contributed by atoms with Gasteiger partial charge in [-0.1, -0.05) is 82.9 Å². The van der Waals surface area contributed by atoms with E-state index in [4.69, 9.17) is 10.8 Å². The van der Waals surface area contributed by atoms with Crippen LogP contribution < -0.4 is 5.73 Å². The molecule has 2 nitrogen and oxygen atoms in total. The van der Waals surface area contributed by atoms with E-state index in [2.05, 4.69) is 6.92 Å². The Hall–Kier alpha value is -1.02. The molecule has 2 heteroatoms. The first-order chi connectivity index (χ1) is 9.81. The van der Waals surface area contributed by atoms with Gasteiger partial charge in [0, 0.05) is 12.3 Å². The lowest BCUT2D eigenvalue weighted by atomic mass is 10.1. The highest BCUT2D eigenvalue weighted by Gasteiger charge is 1.91. The summed E-state index contributed by atoms with van der Waals surface area (Å²) in [7, 11) is 0. The first kappa shape index (κ1) is 19.0. The highest BCUT2D eigenvalue weighted by molar-refractivity contribution is 5.35. The molecule has 0 saturated carbocycles. The van der Waals surface area contributed by atoms with Crippen LogP contribution in [0.4, 0.5) is 5.69 Å². The van der Waals surface area contributed by atoms with Crippen molar-refractivity contribution < 1.29 is 5.11 Å². The fourth-order valence-corrected chi connectivity index (χ4v) is 2.05. The van der Waals surface area contributed by atoms with Crippen molar-refractivity contribution in [2.45, 2.75) is 71.1 Å². The lowest BCUT2D eigenvalue weighted by molar-refractivity contribution is 0.282. The smallest absolute Gasteiger partial charge is 0.0431 e. The molecule has 3 N–H and O–H groups in total. The number of anilines is 1. The molecule has 0 aromatic heterocycles. The summed E-state index contributed by atoms with van der Waals surface area (Å²) in [4.78, 5) is 0. The zero-order valence-electron chi connectivity index (χ0n) is 13.2. The van der Waals surface area contributed by atoms with Gasteiger partial charge in [0.1, 0.15) is 0 Å². The van der Waals surface area contributed by atoms with Gasteiger partial charge >= 0.3 is 0 Å². The molecular formula is C18H33NO. The van der Waals surface area contributed by atoms with E-state index in [9.17, 15) is 0 Å². The molecule has 0 fully saturated rings. The van der Waals surface area contributed by atoms with E-state index in [-0.39, 0.29) is 0 Å². The van der Waals surface area contributed by atoms with Crippen molar-refractivity contribution >= 4 is 5.69 Å². The number of hydrogen-bond acceptors (Lipinski definition) is 2. The number of hydrogen-bond donors (Lipinski definition) is 2. The number of para-hydroxylation sites is 1. The van der Waals surface area contributed by atoms with E-state index in [0.29, 0.717) is 6.61 Å². The maximum Gasteiger partial charge on any atom is 0.0431 e. The van der Waals surface area contributed by atoms with Crippen molar-refractivity contribution in [3.05, 3.63) is 30.3 Å². The van der Waals surface area contributed by atoms with Crippen molar-refractivity contribution in [3.8, 4) is 0 Å². The van der Waals surface area contributed by atoms with Gasteiger partial charge in [0.05, 0.1) is 0 Å². The first-order valence-electron chi connectivity index (χ1n) is 8.22. The summed E-state index contributed by atoms with van der Waals surface area (Å²) in [5, 5.41) is 8.57. The molecule has 0 bridgehead atoms. The molecule has 0 heterocycles. The van der Waals surface area contributed by atoms with Crippen molar-refractivity contribution in [2.24, 2.45) is 0 Å². The minimum atomic E-state index is 0.372. The van der Waals surface area contributed by atoms with Gasteiger partial charge in [-0.25, -0.2) is 0 Å². The summed E-state index contributed by atoms with van der Waals surface area (Å²) in [6, 6.07) is 9.49. The number of benzene rings is 1. The van der Waals surface area contributed by atoms with E-state index in [1.165, 1.54) is 57.8 Å². The van der Waals surface area contributed by atoms with E-state index in [0.717, 1.165) is 12.1 Å². The number of nitrogens with two attached hydrogens (primary N) is 1. The molecule has 116 valence electrons. The number of nitrogen functional groups attached to an aromatic ring is 1. The predicted molar refractivity (Wildman–Crippen MR) is 89.8 cm³/mol. The van der Waals surface area contributed by atoms with Crippen molar-refractivity contribution in [2.75, 3.05) is 12.3 Å². The molecule has 0 unspecified atom stereocenters. The Balaban J connectivity index is 0.000000428. The van der Waals surface area contributed by atoms with Gasteiger partial charge in [0.2, 0.25) is 0 Å². The molecule has 0 aliphatic rings. The summed E-state index contributed by atoms with van der Waals surface area (Å²) < 4.78 is 0. The van der Waals surface area contributed by atoms with Crippen LogP contribution in [0, 0.1) is 0 Å². The molecule has 0 aliphatic heterocycles. The minimum absolute atomic E-state index is 0.372. The first-order valence-corrected chi connectivity index (χ1v) is 8.22. The summed E-state index contributed by atoms with van der Waals surface area (Å²) in [6.45, 7) is 2.63. The zero-order chi connectivity index (χ0) is 14.9. The second-order valence-electron chi connectivity index (χ2n) is 5.32. The molecule has 0 aliphatic carbocycles. The maximum atomic E-state index is 8.57. The molecule has 20 heavy (non-hydrogen) atoms. The quantitative estimate of drug-likeness (QED) is 0.458. The van der Waals surface area contributed by atoms with Crippen LogP contribution in [0.3, 0.4) is 0 Å². The molecule has 0 saturated heterocycles. The Morgan fingerprint density at radius 1 is 0.750 bits per heavy atom. The molecule has 1 rings (SSSR count). The number of aliphatic hydroxyl groups excluding tert-OH is 1. The number of aliphatic hydroxyl groups is 1. The zero-order valence-corrected chi connectivity index (χ0v) is 13.2. The molecule has 0 atom stereocenters. The molecule has 1 aromatic carbocycles. The lowest BCUT2D eigenvalue weighted by Gasteiger charge is -2.00. The largest absolute Gasteiger partial charge is 0.399 e. The molecular weight excluding hydrogens is 246 g/mol. The van der Waals surface area contributed by atoms with Crippen molar-refractivity contribution in [3.63, 3.8) is 0 Å². The van der Waals surface area contributed by atoms with Gasteiger partial charge in [0.25, 0.3) is 0 Å². The Labute approximate surface area is 125 Å². The second-order valence-corrected chi connectivity index (χ2v) is 5.32. The average molecular weight is 279 g/mol. The summed E-state index contributed by atoms with van der Waals surface area (Å²) in [5.74, 6) is 0. The van der Waals surface area contributed by atoms with Crippen LogP contribution in [-0.4, -0.2) is 11.7 Å². The van der Waals surface area contributed by atoms with E-state index < -0.39 is 0 Å². The average Bonchev–Trinajstić information content (AvgIpc) is 2.47. The van der Waals surface area contributed by atoms with Gasteiger partial charge in [-0.2, -0.15) is 0 Å². The van der Waals surface area contributed by atoms with Crippen molar-refractivity contribution in [1.82, 2.24) is 0 Å². The van der Waals surface area contributed by atoms with Crippen LogP contribution in [0.5, 0.6) is 0 Å². The van der Waals surface area contributed by atoms with Gasteiger partial charge in [0.15, 0.2) is 0 Å². The molecule has 0 amide bonds. The summed E-state index contributed by atoms with van der Waals surface area (Å²) >= 11 is 0. The van der Waals surface area contributed by atoms with Crippen LogP contribution in [0.2, 0.25) is 0 Å². The Morgan fingerprint density at radius 2 is 1.20 bits per heavy atom. The van der Waals surface area contributed by atoms with E-state index >= 15 is 0 Å². The maximum absolute atomic E-state index is 8.57. The van der Waals surface area contributed by atoms with Crippen LogP contribution >= 0.6 is 0 Å². The Bertz CT molecular complexity index is 264. The summed E-state index contributed by atoms with van der Waals surface area (Å²) in [6.07, 6.45) is 13.3. The van der Waals surface area contributed by atoms with E-state index in [1.807, 2.05) is 30.3 Å². The second kappa shape index (κ2) is 16.0. The standard InChI is InChI=1S/C12H26O.C6H7N/c1-2-3-4-5-6-7-8-9-10-11-12-13;7-6-4-2-1-3-5-6/h13H,2-12H2,1H3;1-5H,7H2. The Kier molecular flexibility index (Phi) is 15.2. The van der Waals surface area contributed by atoms with Gasteiger partial charge in [-0.15, -0.1) is 0 Å². The van der Waals surface area contributed by atoms with Crippen LogP contribution in [0.25, 0.3) is 0 Å². The van der Waals surface area contributed by atoms with Crippen molar-refractivity contribution in [1.29, 1.82) is 0 Å². The third-order valence-electron chi connectivity index (χ3n) is 3.31. The third kappa shape index (κ3) is 15.0. The van der Waals surface area contributed by atoms with E-state index in [1.54, 1.807) is 0 Å². The minimum Gasteiger partial charge on any atom is -0.399 e. The van der Waals surface area contributed by atoms with Crippen LogP contribution in [0.1, 0.15) is 71.1 Å². The fraction of sp³-hybridized carbons (Fsp3) is 0.667. The summed E-state index contributed by atoms with van der Waals surface area (Å²) in [5.41, 5.74) is 6.18. The predicted octanol–water partition coefficient (Wildman–Crippen LogP) is 5.17. The highest BCUT2D eigenvalue weighted by Crippen LogP contribution is 2.09. The molecule has 1 aromatic rings. The van der Waals surface area contributed by atoms with Crippen LogP contribution in [-0.2, 0) is 0 Å². The van der Waals surface area contributed by atoms with Gasteiger partial charge < -0.3 is 10.8 Å². The molecule has 0 radical (unpaired) electrons. The monoisotopic (exact) mass is 279 g/mol. The molecule has 0 spiro atoms. The van der Waals surface area contributed by atoms with Crippen LogP contribution in [0.15, 0.2) is 30.3 Å². The third-order valence-corrected chi connectivity index (χ3v) is 3.31. The van der Waals surface area contributed by atoms with Gasteiger partial charge in [-0.05, 0) is 18.6 Å². The topological polar surface area (TPSA) is 46.2 Å². The lowest BCUT2D eigenvalue weighted by Crippen LogP contribution is -1.84. The Morgan fingerprint density at radius 3 is 1.55 bits per heavy atom. The van der Waals surface area contributed by atoms with Gasteiger partial charge in [-0.3, -0.25) is 0 Å². The number of unbranched alkanes of at least 4 members (excludes halogenated alkanes) is 9. The highest BCUT2D eigenvalue weighted by atomic mass is 16.2. The SMILES string of the molecule is CCCCCCCCCCCCO.Nc1ccccc1. The fourth-order valence-electron chi connectivity index (χ4n) is 2.05. The normalized spacial score (nSPS) is 9.90. The number of rotatable bonds is 10.